The van der Waals surface area contributed by atoms with Crippen molar-refractivity contribution in [2.24, 2.45) is 0 Å². The topological polar surface area (TPSA) is 46.6 Å². The summed E-state index contributed by atoms with van der Waals surface area (Å²) < 4.78 is 31.8. The summed E-state index contributed by atoms with van der Waals surface area (Å²) in [4.78, 5) is 23.8. The normalized spacial score (nSPS) is 20.5. The van der Waals surface area contributed by atoms with Gasteiger partial charge in [0.05, 0.1) is 0 Å². The molecular weight excluding hydrogens is 280 g/mol. The van der Waals surface area contributed by atoms with Gasteiger partial charge in [-0.05, 0) is 45.2 Å². The summed E-state index contributed by atoms with van der Waals surface area (Å²) >= 11 is 4.86. The van der Waals surface area contributed by atoms with Crippen LogP contribution in [0.25, 0.3) is 0 Å². The van der Waals surface area contributed by atoms with Crippen LogP contribution in [-0.2, 0) is 9.53 Å². The van der Waals surface area contributed by atoms with Gasteiger partial charge in [0.1, 0.15) is 5.60 Å². The summed E-state index contributed by atoms with van der Waals surface area (Å²) in [7, 11) is 0. The van der Waals surface area contributed by atoms with Crippen molar-refractivity contribution < 1.29 is 23.1 Å². The summed E-state index contributed by atoms with van der Waals surface area (Å²) in [6, 6.07) is -0.715. The maximum absolute atomic E-state index is 13.3. The highest BCUT2D eigenvalue weighted by Crippen LogP contribution is 2.31. The van der Waals surface area contributed by atoms with E-state index in [1.54, 1.807) is 20.8 Å². The Hall–Kier alpha value is -0.910. The molecule has 1 heterocycles. The molecule has 1 rings (SSSR count). The Labute approximate surface area is 116 Å². The standard InChI is InChI=1S/C12H18ClF2NO3/c1-11(2,3)19-10(18)16-6-4-5-8(16)7-12(14,15)9(13)17/h8H,4-7H2,1-3H3. The molecule has 0 radical (unpaired) electrons. The van der Waals surface area contributed by atoms with Crippen LogP contribution in [0.2, 0.25) is 0 Å². The number of carbonyl (C=O) groups excluding carboxylic acids is 2. The molecule has 0 N–H and O–H groups in total. The minimum Gasteiger partial charge on any atom is -0.444 e. The largest absolute Gasteiger partial charge is 0.444 e. The summed E-state index contributed by atoms with van der Waals surface area (Å²) in [5.74, 6) is -3.61. The zero-order chi connectivity index (χ0) is 14.8. The smallest absolute Gasteiger partial charge is 0.410 e. The second-order valence-electron chi connectivity index (χ2n) is 5.65. The second-order valence-corrected chi connectivity index (χ2v) is 6.00. The molecule has 1 aliphatic rings. The molecule has 4 nitrogen and oxygen atoms in total. The molecule has 0 aromatic rings. The van der Waals surface area contributed by atoms with Crippen LogP contribution in [0.1, 0.15) is 40.0 Å². The van der Waals surface area contributed by atoms with Crippen LogP contribution in [0, 0.1) is 0 Å². The van der Waals surface area contributed by atoms with E-state index in [-0.39, 0.29) is 0 Å². The molecular formula is C12H18ClF2NO3. The van der Waals surface area contributed by atoms with Gasteiger partial charge in [-0.3, -0.25) is 4.79 Å². The lowest BCUT2D eigenvalue weighted by Gasteiger charge is -2.29. The molecule has 0 saturated carbocycles. The lowest BCUT2D eigenvalue weighted by molar-refractivity contribution is -0.136. The van der Waals surface area contributed by atoms with Crippen LogP contribution in [0.5, 0.6) is 0 Å². The van der Waals surface area contributed by atoms with Crippen molar-refractivity contribution in [3.05, 3.63) is 0 Å². The van der Waals surface area contributed by atoms with Crippen molar-refractivity contribution in [3.63, 3.8) is 0 Å². The summed E-state index contributed by atoms with van der Waals surface area (Å²) in [5.41, 5.74) is -0.685. The Balaban J connectivity index is 2.69. The lowest BCUT2D eigenvalue weighted by Crippen LogP contribution is -2.43. The Morgan fingerprint density at radius 2 is 1.95 bits per heavy atom. The highest BCUT2D eigenvalue weighted by Gasteiger charge is 2.44. The number of likely N-dealkylation sites (tertiary alicyclic amines) is 1. The van der Waals surface area contributed by atoms with Gasteiger partial charge in [-0.15, -0.1) is 0 Å². The van der Waals surface area contributed by atoms with Crippen molar-refractivity contribution in [2.45, 2.75) is 57.6 Å². The average molecular weight is 298 g/mol. The van der Waals surface area contributed by atoms with Crippen LogP contribution in [-0.4, -0.2) is 40.3 Å². The van der Waals surface area contributed by atoms with Crippen molar-refractivity contribution in [1.82, 2.24) is 4.90 Å². The number of nitrogens with zero attached hydrogens (tertiary/aromatic N) is 1. The molecule has 1 atom stereocenters. The fourth-order valence-corrected chi connectivity index (χ4v) is 2.06. The molecule has 1 saturated heterocycles. The molecule has 1 fully saturated rings. The molecule has 0 aliphatic carbocycles. The van der Waals surface area contributed by atoms with Gasteiger partial charge < -0.3 is 9.64 Å². The van der Waals surface area contributed by atoms with Crippen molar-refractivity contribution in [1.29, 1.82) is 0 Å². The lowest BCUT2D eigenvalue weighted by atomic mass is 10.1. The van der Waals surface area contributed by atoms with E-state index in [0.29, 0.717) is 19.4 Å². The van der Waals surface area contributed by atoms with Gasteiger partial charge in [0.25, 0.3) is 5.24 Å². The third-order valence-corrected chi connectivity index (χ3v) is 3.06. The second kappa shape index (κ2) is 5.61. The molecule has 1 aliphatic heterocycles. The number of amides is 1. The zero-order valence-electron chi connectivity index (χ0n) is 11.2. The summed E-state index contributed by atoms with van der Waals surface area (Å²) in [6.45, 7) is 5.46. The molecule has 0 spiro atoms. The van der Waals surface area contributed by atoms with Gasteiger partial charge in [-0.1, -0.05) is 0 Å². The first-order chi connectivity index (χ1) is 8.53. The average Bonchev–Trinajstić information content (AvgIpc) is 2.61. The Morgan fingerprint density at radius 1 is 1.37 bits per heavy atom. The van der Waals surface area contributed by atoms with Crippen LogP contribution in [0.4, 0.5) is 13.6 Å². The van der Waals surface area contributed by atoms with Gasteiger partial charge in [-0.2, -0.15) is 8.78 Å². The van der Waals surface area contributed by atoms with Crippen LogP contribution >= 0.6 is 11.6 Å². The Bertz CT molecular complexity index is 368. The van der Waals surface area contributed by atoms with Crippen LogP contribution in [0.15, 0.2) is 0 Å². The number of halogens is 3. The monoisotopic (exact) mass is 297 g/mol. The molecule has 0 bridgehead atoms. The molecule has 19 heavy (non-hydrogen) atoms. The fraction of sp³-hybridized carbons (Fsp3) is 0.833. The van der Waals surface area contributed by atoms with E-state index in [2.05, 4.69) is 0 Å². The number of rotatable bonds is 3. The summed E-state index contributed by atoms with van der Waals surface area (Å²) in [6.07, 6.45) is -0.364. The van der Waals surface area contributed by atoms with Gasteiger partial charge >= 0.3 is 12.0 Å². The first-order valence-electron chi connectivity index (χ1n) is 6.10. The molecule has 0 aromatic heterocycles. The fourth-order valence-electron chi connectivity index (χ4n) is 1.99. The maximum atomic E-state index is 13.3. The number of ether oxygens (including phenoxy) is 1. The first kappa shape index (κ1) is 16.1. The van der Waals surface area contributed by atoms with E-state index in [4.69, 9.17) is 16.3 Å². The minimum absolute atomic E-state index is 0.353. The van der Waals surface area contributed by atoms with E-state index < -0.39 is 35.3 Å². The Morgan fingerprint density at radius 3 is 2.42 bits per heavy atom. The number of hydrogen-bond donors (Lipinski definition) is 0. The quantitative estimate of drug-likeness (QED) is 0.752. The SMILES string of the molecule is CC(C)(C)OC(=O)N1CCCC1CC(F)(F)C(=O)Cl. The number of alkyl halides is 2. The van der Waals surface area contributed by atoms with Crippen LogP contribution < -0.4 is 0 Å². The predicted octanol–water partition coefficient (Wildman–Crippen LogP) is 3.18. The van der Waals surface area contributed by atoms with Crippen LogP contribution in [0.3, 0.4) is 0 Å². The van der Waals surface area contributed by atoms with E-state index in [9.17, 15) is 18.4 Å². The highest BCUT2D eigenvalue weighted by molar-refractivity contribution is 6.65. The van der Waals surface area contributed by atoms with Gasteiger partial charge in [0.2, 0.25) is 0 Å². The highest BCUT2D eigenvalue weighted by atomic mass is 35.5. The maximum Gasteiger partial charge on any atom is 0.410 e. The minimum atomic E-state index is -3.61. The van der Waals surface area contributed by atoms with E-state index >= 15 is 0 Å². The van der Waals surface area contributed by atoms with Crippen molar-refractivity contribution in [3.8, 4) is 0 Å². The summed E-state index contributed by atoms with van der Waals surface area (Å²) in [5, 5.41) is -1.69. The van der Waals surface area contributed by atoms with Gasteiger partial charge in [-0.25, -0.2) is 4.79 Å². The Kier molecular flexibility index (Phi) is 4.76. The predicted molar refractivity (Wildman–Crippen MR) is 66.4 cm³/mol. The molecule has 0 aromatic carbocycles. The van der Waals surface area contributed by atoms with Crippen molar-refractivity contribution in [2.75, 3.05) is 6.54 Å². The van der Waals surface area contributed by atoms with E-state index in [0.717, 1.165) is 0 Å². The van der Waals surface area contributed by atoms with Crippen molar-refractivity contribution >= 4 is 22.9 Å². The van der Waals surface area contributed by atoms with E-state index in [1.807, 2.05) is 0 Å². The first-order valence-corrected chi connectivity index (χ1v) is 6.48. The third-order valence-electron chi connectivity index (χ3n) is 2.78. The van der Waals surface area contributed by atoms with Gasteiger partial charge in [0, 0.05) is 19.0 Å². The van der Waals surface area contributed by atoms with Gasteiger partial charge in [0.15, 0.2) is 0 Å². The molecule has 1 amide bonds. The molecule has 7 heteroatoms. The molecule has 110 valence electrons. The molecule has 1 unspecified atom stereocenters. The zero-order valence-corrected chi connectivity index (χ0v) is 12.0. The number of carbonyl (C=O) groups is 2. The third kappa shape index (κ3) is 4.60. The number of hydrogen-bond acceptors (Lipinski definition) is 3. The van der Waals surface area contributed by atoms with E-state index in [1.165, 1.54) is 4.90 Å².